The Morgan fingerprint density at radius 1 is 1.16 bits per heavy atom. The smallest absolute Gasteiger partial charge is 0.287 e. The van der Waals surface area contributed by atoms with E-state index in [1.807, 2.05) is 0 Å². The van der Waals surface area contributed by atoms with Crippen LogP contribution < -0.4 is 0 Å². The van der Waals surface area contributed by atoms with Gasteiger partial charge in [0.1, 0.15) is 0 Å². The molecule has 0 N–H and O–H groups in total. The normalized spacial score (nSPS) is 17.3. The monoisotopic (exact) mass is 314 g/mol. The molecule has 0 aliphatic carbocycles. The molecule has 0 radical (unpaired) electrons. The maximum absolute atomic E-state index is 13.1. The molecule has 0 saturated heterocycles. The Morgan fingerprint density at radius 3 is 2.11 bits per heavy atom. The first kappa shape index (κ1) is 18.5. The molecular weight excluding hydrogens is 301 g/mol. The molecule has 0 fully saturated rings. The SMILES string of the molecule is CCC(=O)SCCC(F)C(F)(F)C(F)C(F)C(F)F. The summed E-state index contributed by atoms with van der Waals surface area (Å²) < 4.78 is 87.9. The van der Waals surface area contributed by atoms with Crippen molar-refractivity contribution < 1.29 is 35.5 Å². The predicted octanol–water partition coefficient (Wildman–Crippen LogP) is 3.96. The number of halogens is 7. The molecule has 0 rings (SSSR count). The zero-order valence-corrected chi connectivity index (χ0v) is 10.7. The van der Waals surface area contributed by atoms with Crippen LogP contribution in [0.4, 0.5) is 30.7 Å². The molecule has 0 aromatic rings. The first-order valence-electron chi connectivity index (χ1n) is 5.38. The Bertz CT molecular complexity index is 287. The van der Waals surface area contributed by atoms with Crippen LogP contribution in [0.15, 0.2) is 0 Å². The van der Waals surface area contributed by atoms with Gasteiger partial charge in [-0.15, -0.1) is 0 Å². The number of hydrogen-bond donors (Lipinski definition) is 0. The topological polar surface area (TPSA) is 17.1 Å². The first-order valence-corrected chi connectivity index (χ1v) is 6.36. The summed E-state index contributed by atoms with van der Waals surface area (Å²) in [6, 6.07) is 0. The zero-order chi connectivity index (χ0) is 15.2. The van der Waals surface area contributed by atoms with Crippen molar-refractivity contribution in [3.8, 4) is 0 Å². The van der Waals surface area contributed by atoms with E-state index in [2.05, 4.69) is 0 Å². The predicted molar refractivity (Wildman–Crippen MR) is 58.0 cm³/mol. The Kier molecular flexibility index (Phi) is 7.76. The van der Waals surface area contributed by atoms with Crippen molar-refractivity contribution in [1.82, 2.24) is 0 Å². The molecule has 0 aromatic carbocycles. The van der Waals surface area contributed by atoms with E-state index in [-0.39, 0.29) is 17.3 Å². The van der Waals surface area contributed by atoms with Crippen LogP contribution in [0.5, 0.6) is 0 Å². The van der Waals surface area contributed by atoms with Gasteiger partial charge < -0.3 is 0 Å². The van der Waals surface area contributed by atoms with E-state index in [9.17, 15) is 35.5 Å². The molecule has 0 heterocycles. The van der Waals surface area contributed by atoms with Crippen LogP contribution >= 0.6 is 11.8 Å². The molecule has 9 heteroatoms. The molecule has 0 aliphatic heterocycles. The lowest BCUT2D eigenvalue weighted by Gasteiger charge is -2.25. The number of carbonyl (C=O) groups is 1. The number of alkyl halides is 7. The lowest BCUT2D eigenvalue weighted by atomic mass is 10.0. The minimum absolute atomic E-state index is 0.113. The summed E-state index contributed by atoms with van der Waals surface area (Å²) in [5, 5.41) is -0.372. The van der Waals surface area contributed by atoms with E-state index in [1.54, 1.807) is 0 Å². The van der Waals surface area contributed by atoms with Gasteiger partial charge in [-0.2, -0.15) is 0 Å². The van der Waals surface area contributed by atoms with Gasteiger partial charge in [0, 0.05) is 12.2 Å². The molecule has 19 heavy (non-hydrogen) atoms. The second kappa shape index (κ2) is 7.96. The maximum atomic E-state index is 13.1. The Balaban J connectivity index is 4.41. The van der Waals surface area contributed by atoms with Gasteiger partial charge in [-0.1, -0.05) is 18.7 Å². The zero-order valence-electron chi connectivity index (χ0n) is 9.89. The van der Waals surface area contributed by atoms with Crippen molar-refractivity contribution in [3.05, 3.63) is 0 Å². The van der Waals surface area contributed by atoms with Crippen LogP contribution in [0.25, 0.3) is 0 Å². The number of hydrogen-bond acceptors (Lipinski definition) is 2. The second-order valence-electron chi connectivity index (χ2n) is 3.69. The van der Waals surface area contributed by atoms with Crippen LogP contribution in [0.1, 0.15) is 19.8 Å². The Hall–Kier alpha value is -0.470. The standard InChI is InChI=1S/C10H13F7OS/c1-2-6(18)19-4-3-5(11)10(16,17)8(13)7(12)9(14)15/h5,7-9H,2-4H2,1H3. The molecule has 3 unspecified atom stereocenters. The summed E-state index contributed by atoms with van der Waals surface area (Å²) in [5.41, 5.74) is 0. The van der Waals surface area contributed by atoms with Gasteiger partial charge in [-0.05, 0) is 6.42 Å². The van der Waals surface area contributed by atoms with Crippen LogP contribution in [0.3, 0.4) is 0 Å². The maximum Gasteiger partial charge on any atom is 0.312 e. The molecule has 114 valence electrons. The molecular formula is C10H13F7OS. The van der Waals surface area contributed by atoms with Gasteiger partial charge in [0.25, 0.3) is 6.43 Å². The fourth-order valence-electron chi connectivity index (χ4n) is 1.08. The van der Waals surface area contributed by atoms with Crippen LogP contribution in [-0.4, -0.2) is 41.7 Å². The van der Waals surface area contributed by atoms with Crippen LogP contribution in [0, 0.1) is 0 Å². The van der Waals surface area contributed by atoms with E-state index in [1.165, 1.54) is 6.92 Å². The summed E-state index contributed by atoms with van der Waals surface area (Å²) in [5.74, 6) is -5.21. The Labute approximate surface area is 109 Å². The van der Waals surface area contributed by atoms with Crippen molar-refractivity contribution in [2.75, 3.05) is 5.75 Å². The average molecular weight is 314 g/mol. The average Bonchev–Trinajstić information content (AvgIpc) is 2.35. The summed E-state index contributed by atoms with van der Waals surface area (Å²) in [6.45, 7) is 1.50. The van der Waals surface area contributed by atoms with Gasteiger partial charge in [-0.25, -0.2) is 30.7 Å². The third-order valence-corrected chi connectivity index (χ3v) is 3.28. The van der Waals surface area contributed by atoms with E-state index in [0.29, 0.717) is 11.8 Å². The highest BCUT2D eigenvalue weighted by Crippen LogP contribution is 2.35. The first-order chi connectivity index (χ1) is 8.64. The molecule has 0 saturated carbocycles. The van der Waals surface area contributed by atoms with Gasteiger partial charge >= 0.3 is 5.92 Å². The number of carbonyl (C=O) groups excluding carboxylic acids is 1. The Morgan fingerprint density at radius 2 is 1.68 bits per heavy atom. The molecule has 0 amide bonds. The fourth-order valence-corrected chi connectivity index (χ4v) is 1.84. The lowest BCUT2D eigenvalue weighted by Crippen LogP contribution is -2.47. The molecule has 0 spiro atoms. The molecule has 3 atom stereocenters. The van der Waals surface area contributed by atoms with Gasteiger partial charge in [-0.3, -0.25) is 4.79 Å². The van der Waals surface area contributed by atoms with Crippen LogP contribution in [0.2, 0.25) is 0 Å². The van der Waals surface area contributed by atoms with Crippen molar-refractivity contribution in [2.24, 2.45) is 0 Å². The summed E-state index contributed by atoms with van der Waals surface area (Å²) in [7, 11) is 0. The van der Waals surface area contributed by atoms with Crippen molar-refractivity contribution in [2.45, 2.75) is 50.6 Å². The summed E-state index contributed by atoms with van der Waals surface area (Å²) >= 11 is 0.571. The van der Waals surface area contributed by atoms with E-state index in [0.717, 1.165) is 0 Å². The highest BCUT2D eigenvalue weighted by Gasteiger charge is 2.54. The number of thioether (sulfide) groups is 1. The lowest BCUT2D eigenvalue weighted by molar-refractivity contribution is -0.164. The summed E-state index contributed by atoms with van der Waals surface area (Å²) in [6.07, 6.45) is -15.6. The number of rotatable bonds is 8. The van der Waals surface area contributed by atoms with Gasteiger partial charge in [0.15, 0.2) is 17.5 Å². The van der Waals surface area contributed by atoms with E-state index >= 15 is 0 Å². The van der Waals surface area contributed by atoms with Gasteiger partial charge in [0.2, 0.25) is 6.17 Å². The molecule has 0 aromatic heterocycles. The molecule has 0 bridgehead atoms. The van der Waals surface area contributed by atoms with E-state index in [4.69, 9.17) is 0 Å². The van der Waals surface area contributed by atoms with Crippen molar-refractivity contribution >= 4 is 16.9 Å². The minimum atomic E-state index is -4.86. The third kappa shape index (κ3) is 5.58. The third-order valence-electron chi connectivity index (χ3n) is 2.23. The van der Waals surface area contributed by atoms with Crippen LogP contribution in [-0.2, 0) is 4.79 Å². The second-order valence-corrected chi connectivity index (χ2v) is 4.84. The molecule has 0 aliphatic rings. The minimum Gasteiger partial charge on any atom is -0.287 e. The van der Waals surface area contributed by atoms with Crippen molar-refractivity contribution in [1.29, 1.82) is 0 Å². The van der Waals surface area contributed by atoms with Gasteiger partial charge in [0.05, 0.1) is 0 Å². The quantitative estimate of drug-likeness (QED) is 0.631. The highest BCUT2D eigenvalue weighted by atomic mass is 32.2. The van der Waals surface area contributed by atoms with Crippen molar-refractivity contribution in [3.63, 3.8) is 0 Å². The fraction of sp³-hybridized carbons (Fsp3) is 0.900. The molecule has 1 nitrogen and oxygen atoms in total. The van der Waals surface area contributed by atoms with E-state index < -0.39 is 37.3 Å². The summed E-state index contributed by atoms with van der Waals surface area (Å²) in [4.78, 5) is 10.8. The largest absolute Gasteiger partial charge is 0.312 e. The highest BCUT2D eigenvalue weighted by molar-refractivity contribution is 8.13.